The summed E-state index contributed by atoms with van der Waals surface area (Å²) in [6.07, 6.45) is 0. The molecule has 25 heavy (non-hydrogen) atoms. The highest BCUT2D eigenvalue weighted by atomic mass is 35.5. The summed E-state index contributed by atoms with van der Waals surface area (Å²) in [4.78, 5) is 24.1. The van der Waals surface area contributed by atoms with Gasteiger partial charge in [-0.3, -0.25) is 9.59 Å². The lowest BCUT2D eigenvalue weighted by Gasteiger charge is -2.10. The van der Waals surface area contributed by atoms with Gasteiger partial charge in [0.2, 0.25) is 5.91 Å². The number of carbonyl (C=O) groups is 2. The van der Waals surface area contributed by atoms with E-state index in [0.29, 0.717) is 23.7 Å². The third-order valence-electron chi connectivity index (χ3n) is 3.78. The number of rotatable bonds is 7. The van der Waals surface area contributed by atoms with Gasteiger partial charge in [0.25, 0.3) is 5.91 Å². The fourth-order valence-electron chi connectivity index (χ4n) is 2.62. The highest BCUT2D eigenvalue weighted by Gasteiger charge is 2.17. The van der Waals surface area contributed by atoms with Gasteiger partial charge in [-0.05, 0) is 38.1 Å². The molecule has 0 atom stereocenters. The highest BCUT2D eigenvalue weighted by Crippen LogP contribution is 2.22. The van der Waals surface area contributed by atoms with Crippen molar-refractivity contribution in [2.75, 3.05) is 26.8 Å². The van der Waals surface area contributed by atoms with Gasteiger partial charge in [-0.1, -0.05) is 17.7 Å². The van der Waals surface area contributed by atoms with Gasteiger partial charge in [0, 0.05) is 35.8 Å². The summed E-state index contributed by atoms with van der Waals surface area (Å²) in [5.41, 5.74) is 3.12. The average molecular weight is 364 g/mol. The van der Waals surface area contributed by atoms with E-state index < -0.39 is 0 Å². The Kier molecular flexibility index (Phi) is 6.61. The Morgan fingerprint density at radius 2 is 1.96 bits per heavy atom. The van der Waals surface area contributed by atoms with E-state index >= 15 is 0 Å². The summed E-state index contributed by atoms with van der Waals surface area (Å²) in [6, 6.07) is 9.23. The van der Waals surface area contributed by atoms with Gasteiger partial charge in [-0.25, -0.2) is 0 Å². The first-order chi connectivity index (χ1) is 11.9. The minimum atomic E-state index is -0.289. The normalized spacial score (nSPS) is 10.6. The van der Waals surface area contributed by atoms with Gasteiger partial charge >= 0.3 is 0 Å². The molecule has 0 aliphatic carbocycles. The molecule has 2 aromatic rings. The van der Waals surface area contributed by atoms with E-state index in [2.05, 4.69) is 10.6 Å². The fourth-order valence-corrected chi connectivity index (χ4v) is 2.80. The standard InChI is InChI=1S/C18H22ClN3O3/c1-12-9-16(18(24)21-11-17(23)20-7-8-25-3)13(2)22(12)15-6-4-5-14(19)10-15/h4-6,9-10H,7-8,11H2,1-3H3,(H,20,23)(H,21,24). The first-order valence-corrected chi connectivity index (χ1v) is 8.30. The number of nitrogens with one attached hydrogen (secondary N) is 2. The van der Waals surface area contributed by atoms with Crippen molar-refractivity contribution in [3.8, 4) is 5.69 Å². The summed E-state index contributed by atoms with van der Waals surface area (Å²) >= 11 is 6.06. The lowest BCUT2D eigenvalue weighted by molar-refractivity contribution is -0.120. The molecule has 0 saturated heterocycles. The number of benzene rings is 1. The Morgan fingerprint density at radius 3 is 2.64 bits per heavy atom. The number of halogens is 1. The molecule has 7 heteroatoms. The topological polar surface area (TPSA) is 72.4 Å². The van der Waals surface area contributed by atoms with Crippen molar-refractivity contribution in [3.05, 3.63) is 52.3 Å². The minimum absolute atomic E-state index is 0.0800. The number of carbonyl (C=O) groups excluding carboxylic acids is 2. The molecule has 6 nitrogen and oxygen atoms in total. The van der Waals surface area contributed by atoms with Crippen molar-refractivity contribution < 1.29 is 14.3 Å². The molecule has 0 aliphatic heterocycles. The summed E-state index contributed by atoms with van der Waals surface area (Å²) in [5, 5.41) is 5.92. The van der Waals surface area contributed by atoms with Crippen LogP contribution < -0.4 is 10.6 Å². The Balaban J connectivity index is 2.09. The number of ether oxygens (including phenoxy) is 1. The first kappa shape index (κ1) is 19.0. The van der Waals surface area contributed by atoms with Crippen molar-refractivity contribution in [2.24, 2.45) is 0 Å². The zero-order chi connectivity index (χ0) is 18.4. The van der Waals surface area contributed by atoms with Gasteiger partial charge in [-0.2, -0.15) is 0 Å². The highest BCUT2D eigenvalue weighted by molar-refractivity contribution is 6.30. The summed E-state index contributed by atoms with van der Waals surface area (Å²) in [7, 11) is 1.56. The molecule has 134 valence electrons. The molecule has 2 rings (SSSR count). The van der Waals surface area contributed by atoms with Crippen molar-refractivity contribution in [2.45, 2.75) is 13.8 Å². The number of methoxy groups -OCH3 is 1. The Bertz CT molecular complexity index is 771. The minimum Gasteiger partial charge on any atom is -0.383 e. The van der Waals surface area contributed by atoms with Crippen LogP contribution in [0.3, 0.4) is 0 Å². The molecule has 1 aromatic heterocycles. The van der Waals surface area contributed by atoms with Crippen LogP contribution in [0.2, 0.25) is 5.02 Å². The van der Waals surface area contributed by atoms with Crippen LogP contribution in [-0.2, 0) is 9.53 Å². The van der Waals surface area contributed by atoms with Crippen LogP contribution in [0.5, 0.6) is 0 Å². The predicted molar refractivity (Wildman–Crippen MR) is 97.5 cm³/mol. The van der Waals surface area contributed by atoms with E-state index in [4.69, 9.17) is 16.3 Å². The lowest BCUT2D eigenvalue weighted by atomic mass is 10.2. The van der Waals surface area contributed by atoms with Crippen LogP contribution in [-0.4, -0.2) is 43.2 Å². The van der Waals surface area contributed by atoms with Crippen LogP contribution >= 0.6 is 11.6 Å². The molecule has 2 N–H and O–H groups in total. The van der Waals surface area contributed by atoms with Crippen LogP contribution in [0.4, 0.5) is 0 Å². The molecular weight excluding hydrogens is 342 g/mol. The molecule has 0 unspecified atom stereocenters. The molecular formula is C18H22ClN3O3. The van der Waals surface area contributed by atoms with Gasteiger partial charge in [0.05, 0.1) is 18.7 Å². The average Bonchev–Trinajstić information content (AvgIpc) is 2.87. The molecule has 1 heterocycles. The largest absolute Gasteiger partial charge is 0.383 e. The number of hydrogen-bond donors (Lipinski definition) is 2. The SMILES string of the molecule is COCCNC(=O)CNC(=O)c1cc(C)n(-c2cccc(Cl)c2)c1C. The van der Waals surface area contributed by atoms with Crippen LogP contribution in [0, 0.1) is 13.8 Å². The maximum absolute atomic E-state index is 12.4. The van der Waals surface area contributed by atoms with Gasteiger partial charge in [-0.15, -0.1) is 0 Å². The second-order valence-electron chi connectivity index (χ2n) is 5.63. The monoisotopic (exact) mass is 363 g/mol. The summed E-state index contributed by atoms with van der Waals surface area (Å²) < 4.78 is 6.81. The number of amides is 2. The van der Waals surface area contributed by atoms with Crippen molar-refractivity contribution in [3.63, 3.8) is 0 Å². The second kappa shape index (κ2) is 8.69. The van der Waals surface area contributed by atoms with Crippen LogP contribution in [0.25, 0.3) is 5.69 Å². The van der Waals surface area contributed by atoms with Crippen molar-refractivity contribution >= 4 is 23.4 Å². The van der Waals surface area contributed by atoms with E-state index in [-0.39, 0.29) is 18.4 Å². The maximum Gasteiger partial charge on any atom is 0.253 e. The molecule has 0 bridgehead atoms. The van der Waals surface area contributed by atoms with Crippen molar-refractivity contribution in [1.29, 1.82) is 0 Å². The molecule has 0 spiro atoms. The number of aryl methyl sites for hydroxylation is 1. The fraction of sp³-hybridized carbons (Fsp3) is 0.333. The number of nitrogens with zero attached hydrogens (tertiary/aromatic N) is 1. The number of aromatic nitrogens is 1. The zero-order valence-electron chi connectivity index (χ0n) is 14.6. The Morgan fingerprint density at radius 1 is 1.20 bits per heavy atom. The quantitative estimate of drug-likeness (QED) is 0.741. The van der Waals surface area contributed by atoms with E-state index in [1.54, 1.807) is 19.2 Å². The zero-order valence-corrected chi connectivity index (χ0v) is 15.3. The smallest absolute Gasteiger partial charge is 0.253 e. The van der Waals surface area contributed by atoms with Gasteiger partial charge in [0.1, 0.15) is 0 Å². The Hall–Kier alpha value is -2.31. The molecule has 0 aliphatic rings. The molecule has 0 fully saturated rings. The van der Waals surface area contributed by atoms with E-state index in [1.165, 1.54) is 0 Å². The molecule has 0 radical (unpaired) electrons. The maximum atomic E-state index is 12.4. The van der Waals surface area contributed by atoms with E-state index in [9.17, 15) is 9.59 Å². The number of hydrogen-bond acceptors (Lipinski definition) is 3. The Labute approximate surface area is 152 Å². The molecule has 2 amide bonds. The van der Waals surface area contributed by atoms with E-state index in [1.807, 2.05) is 36.6 Å². The van der Waals surface area contributed by atoms with Crippen LogP contribution in [0.15, 0.2) is 30.3 Å². The third kappa shape index (κ3) is 4.84. The second-order valence-corrected chi connectivity index (χ2v) is 6.06. The summed E-state index contributed by atoms with van der Waals surface area (Å²) in [6.45, 7) is 4.54. The summed E-state index contributed by atoms with van der Waals surface area (Å²) in [5.74, 6) is -0.544. The lowest BCUT2D eigenvalue weighted by Crippen LogP contribution is -2.38. The first-order valence-electron chi connectivity index (χ1n) is 7.92. The van der Waals surface area contributed by atoms with Gasteiger partial charge < -0.3 is 19.9 Å². The van der Waals surface area contributed by atoms with Gasteiger partial charge in [0.15, 0.2) is 0 Å². The third-order valence-corrected chi connectivity index (χ3v) is 4.02. The van der Waals surface area contributed by atoms with Crippen LogP contribution in [0.1, 0.15) is 21.7 Å². The molecule has 1 aromatic carbocycles. The van der Waals surface area contributed by atoms with Crippen molar-refractivity contribution in [1.82, 2.24) is 15.2 Å². The molecule has 0 saturated carbocycles. The van der Waals surface area contributed by atoms with E-state index in [0.717, 1.165) is 17.1 Å². The predicted octanol–water partition coefficient (Wildman–Crippen LogP) is 2.24.